The van der Waals surface area contributed by atoms with Gasteiger partial charge in [0.15, 0.2) is 5.78 Å². The lowest BCUT2D eigenvalue weighted by molar-refractivity contribution is 0.0987. The highest BCUT2D eigenvalue weighted by Crippen LogP contribution is 2.27. The van der Waals surface area contributed by atoms with Gasteiger partial charge in [-0.15, -0.1) is 0 Å². The summed E-state index contributed by atoms with van der Waals surface area (Å²) in [7, 11) is 0. The monoisotopic (exact) mass is 304 g/mol. The fourth-order valence-corrected chi connectivity index (χ4v) is 1.94. The van der Waals surface area contributed by atoms with Crippen LogP contribution in [0.3, 0.4) is 0 Å². The lowest BCUT2D eigenvalue weighted by atomic mass is 10.0. The molecule has 0 radical (unpaired) electrons. The van der Waals surface area contributed by atoms with Crippen molar-refractivity contribution in [2.24, 2.45) is 0 Å². The number of halogens is 2. The molecule has 1 aromatic rings. The Kier molecular flexibility index (Phi) is 3.68. The second-order valence-corrected chi connectivity index (χ2v) is 4.57. The minimum Gasteiger partial charge on any atom is -0.294 e. The molecule has 0 aromatic heterocycles. The molecule has 0 spiro atoms. The normalized spacial score (nSPS) is 10.2. The Morgan fingerprint density at radius 1 is 1.31 bits per heavy atom. The number of benzene rings is 1. The zero-order valence-corrected chi connectivity index (χ0v) is 10.7. The van der Waals surface area contributed by atoms with Crippen LogP contribution in [-0.4, -0.2) is 5.78 Å². The average molecular weight is 306 g/mol. The topological polar surface area (TPSA) is 17.1 Å². The van der Waals surface area contributed by atoms with Crippen molar-refractivity contribution < 1.29 is 4.79 Å². The number of carbonyl (C=O) groups is 1. The molecular weight excluding hydrogens is 296 g/mol. The number of ketones is 1. The Balaban J connectivity index is 3.23. The summed E-state index contributed by atoms with van der Waals surface area (Å²) in [5.74, 6) is 0.186. The van der Waals surface area contributed by atoms with Gasteiger partial charge in [0.25, 0.3) is 0 Å². The molecule has 70 valence electrons. The first-order valence-corrected chi connectivity index (χ1v) is 5.63. The first-order valence-electron chi connectivity index (χ1n) is 4.05. The van der Waals surface area contributed by atoms with Crippen LogP contribution in [0, 0.1) is 6.92 Å². The summed E-state index contributed by atoms with van der Waals surface area (Å²) in [5.41, 5.74) is 1.82. The molecule has 0 aliphatic carbocycles. The molecular formula is C10H10Br2O. The average Bonchev–Trinajstić information content (AvgIpc) is 2.10. The maximum absolute atomic E-state index is 11.5. The molecule has 0 atom stereocenters. The predicted molar refractivity (Wildman–Crippen MR) is 61.2 cm³/mol. The highest BCUT2D eigenvalue weighted by molar-refractivity contribution is 9.13. The van der Waals surface area contributed by atoms with E-state index in [-0.39, 0.29) is 5.78 Å². The third kappa shape index (κ3) is 2.41. The summed E-state index contributed by atoms with van der Waals surface area (Å²) < 4.78 is 1.91. The highest BCUT2D eigenvalue weighted by Gasteiger charge is 2.09. The largest absolute Gasteiger partial charge is 0.294 e. The molecule has 0 aliphatic heterocycles. The van der Waals surface area contributed by atoms with E-state index in [9.17, 15) is 4.79 Å². The van der Waals surface area contributed by atoms with Gasteiger partial charge < -0.3 is 0 Å². The molecule has 0 heterocycles. The third-order valence-electron chi connectivity index (χ3n) is 1.89. The first-order chi connectivity index (χ1) is 6.06. The van der Waals surface area contributed by atoms with Crippen LogP contribution in [0.15, 0.2) is 21.1 Å². The number of carbonyl (C=O) groups excluding carboxylic acids is 1. The van der Waals surface area contributed by atoms with Crippen molar-refractivity contribution in [3.63, 3.8) is 0 Å². The van der Waals surface area contributed by atoms with Crippen LogP contribution in [0.5, 0.6) is 0 Å². The Labute approximate surface area is 94.8 Å². The molecule has 0 saturated heterocycles. The van der Waals surface area contributed by atoms with Gasteiger partial charge in [-0.3, -0.25) is 4.79 Å². The lowest BCUT2D eigenvalue weighted by Crippen LogP contribution is -1.99. The van der Waals surface area contributed by atoms with Crippen molar-refractivity contribution in [3.05, 3.63) is 32.2 Å². The maximum Gasteiger partial charge on any atom is 0.162 e. The minimum atomic E-state index is 0.186. The van der Waals surface area contributed by atoms with Crippen LogP contribution in [-0.2, 0) is 0 Å². The molecule has 1 aromatic carbocycles. The van der Waals surface area contributed by atoms with Crippen LogP contribution in [0.1, 0.15) is 29.3 Å². The number of hydrogen-bond donors (Lipinski definition) is 0. The lowest BCUT2D eigenvalue weighted by Gasteiger charge is -2.05. The first kappa shape index (κ1) is 10.9. The Bertz CT molecular complexity index is 345. The Hall–Kier alpha value is -0.150. The molecule has 0 bridgehead atoms. The predicted octanol–water partition coefficient (Wildman–Crippen LogP) is 4.11. The summed E-state index contributed by atoms with van der Waals surface area (Å²) >= 11 is 6.77. The molecule has 3 heteroatoms. The van der Waals surface area contributed by atoms with Crippen molar-refractivity contribution >= 4 is 37.6 Å². The summed E-state index contributed by atoms with van der Waals surface area (Å²) in [6.45, 7) is 3.82. The van der Waals surface area contributed by atoms with E-state index < -0.39 is 0 Å². The van der Waals surface area contributed by atoms with Crippen molar-refractivity contribution in [2.45, 2.75) is 20.3 Å². The number of Topliss-reactive ketones (excluding diaryl/α,β-unsaturated/α-hetero) is 1. The van der Waals surface area contributed by atoms with Gasteiger partial charge in [0.2, 0.25) is 0 Å². The van der Waals surface area contributed by atoms with Gasteiger partial charge in [-0.05, 0) is 56.5 Å². The number of hydrogen-bond acceptors (Lipinski definition) is 1. The Morgan fingerprint density at radius 2 is 1.85 bits per heavy atom. The molecule has 1 nitrogen and oxygen atoms in total. The van der Waals surface area contributed by atoms with E-state index in [2.05, 4.69) is 31.9 Å². The SMILES string of the molecule is CCC(=O)c1cc(Br)c(Br)cc1C. The standard InChI is InChI=1S/C10H10Br2O/c1-3-10(13)7-5-9(12)8(11)4-6(7)2/h4-5H,3H2,1-2H3. The van der Waals surface area contributed by atoms with E-state index in [0.717, 1.165) is 20.1 Å². The van der Waals surface area contributed by atoms with Gasteiger partial charge in [-0.25, -0.2) is 0 Å². The number of aryl methyl sites for hydroxylation is 1. The summed E-state index contributed by atoms with van der Waals surface area (Å²) in [5, 5.41) is 0. The minimum absolute atomic E-state index is 0.186. The highest BCUT2D eigenvalue weighted by atomic mass is 79.9. The summed E-state index contributed by atoms with van der Waals surface area (Å²) in [6, 6.07) is 3.82. The Morgan fingerprint density at radius 3 is 2.38 bits per heavy atom. The molecule has 0 fully saturated rings. The van der Waals surface area contributed by atoms with E-state index in [1.807, 2.05) is 26.0 Å². The van der Waals surface area contributed by atoms with E-state index in [4.69, 9.17) is 0 Å². The van der Waals surface area contributed by atoms with Crippen molar-refractivity contribution in [1.82, 2.24) is 0 Å². The van der Waals surface area contributed by atoms with Crippen LogP contribution in [0.25, 0.3) is 0 Å². The van der Waals surface area contributed by atoms with Gasteiger partial charge in [0.1, 0.15) is 0 Å². The van der Waals surface area contributed by atoms with Crippen molar-refractivity contribution in [1.29, 1.82) is 0 Å². The zero-order chi connectivity index (χ0) is 10.0. The van der Waals surface area contributed by atoms with E-state index in [1.54, 1.807) is 0 Å². The third-order valence-corrected chi connectivity index (χ3v) is 3.73. The fraction of sp³-hybridized carbons (Fsp3) is 0.300. The molecule has 0 amide bonds. The van der Waals surface area contributed by atoms with Crippen LogP contribution < -0.4 is 0 Å². The van der Waals surface area contributed by atoms with Gasteiger partial charge >= 0.3 is 0 Å². The van der Waals surface area contributed by atoms with Crippen molar-refractivity contribution in [2.75, 3.05) is 0 Å². The molecule has 1 rings (SSSR count). The zero-order valence-electron chi connectivity index (χ0n) is 7.53. The van der Waals surface area contributed by atoms with Crippen LogP contribution >= 0.6 is 31.9 Å². The molecule has 0 aliphatic rings. The molecule has 0 N–H and O–H groups in total. The second kappa shape index (κ2) is 4.38. The van der Waals surface area contributed by atoms with E-state index >= 15 is 0 Å². The fourth-order valence-electron chi connectivity index (χ4n) is 1.14. The van der Waals surface area contributed by atoms with E-state index in [0.29, 0.717) is 6.42 Å². The van der Waals surface area contributed by atoms with E-state index in [1.165, 1.54) is 0 Å². The molecule has 0 saturated carbocycles. The second-order valence-electron chi connectivity index (χ2n) is 2.86. The van der Waals surface area contributed by atoms with Gasteiger partial charge in [0.05, 0.1) is 0 Å². The maximum atomic E-state index is 11.5. The van der Waals surface area contributed by atoms with Gasteiger partial charge in [-0.2, -0.15) is 0 Å². The van der Waals surface area contributed by atoms with Crippen molar-refractivity contribution in [3.8, 4) is 0 Å². The number of rotatable bonds is 2. The van der Waals surface area contributed by atoms with Crippen LogP contribution in [0.2, 0.25) is 0 Å². The summed E-state index contributed by atoms with van der Waals surface area (Å²) in [4.78, 5) is 11.5. The molecule has 13 heavy (non-hydrogen) atoms. The summed E-state index contributed by atoms with van der Waals surface area (Å²) in [6.07, 6.45) is 0.551. The smallest absolute Gasteiger partial charge is 0.162 e. The quantitative estimate of drug-likeness (QED) is 0.751. The van der Waals surface area contributed by atoms with Gasteiger partial charge in [0, 0.05) is 20.9 Å². The van der Waals surface area contributed by atoms with Crippen LogP contribution in [0.4, 0.5) is 0 Å². The van der Waals surface area contributed by atoms with Gasteiger partial charge in [-0.1, -0.05) is 6.92 Å². The molecule has 0 unspecified atom stereocenters.